The zero-order valence-electron chi connectivity index (χ0n) is 11.2. The van der Waals surface area contributed by atoms with Gasteiger partial charge in [-0.2, -0.15) is 0 Å². The first-order valence-electron chi connectivity index (χ1n) is 6.04. The van der Waals surface area contributed by atoms with Gasteiger partial charge in [0, 0.05) is 5.56 Å². The van der Waals surface area contributed by atoms with Gasteiger partial charge >= 0.3 is 0 Å². The predicted octanol–water partition coefficient (Wildman–Crippen LogP) is 0.343. The van der Waals surface area contributed by atoms with E-state index in [1.54, 1.807) is 0 Å². The van der Waals surface area contributed by atoms with E-state index in [1.165, 1.54) is 5.56 Å². The monoisotopic (exact) mass is 386 g/mol. The molecular formula is C16H19IOS. The van der Waals surface area contributed by atoms with Crippen molar-refractivity contribution >= 4 is 10.9 Å². The molecule has 2 rings (SSSR count). The van der Waals surface area contributed by atoms with Gasteiger partial charge in [0.25, 0.3) is 0 Å². The first kappa shape index (κ1) is 16.5. The van der Waals surface area contributed by atoms with Crippen molar-refractivity contribution in [1.82, 2.24) is 0 Å². The van der Waals surface area contributed by atoms with Crippen LogP contribution in [0.15, 0.2) is 60.7 Å². The van der Waals surface area contributed by atoms with Crippen molar-refractivity contribution in [3.63, 3.8) is 0 Å². The second-order valence-electron chi connectivity index (χ2n) is 4.57. The molecule has 2 aromatic carbocycles. The molecule has 0 radical (unpaired) electrons. The zero-order valence-corrected chi connectivity index (χ0v) is 14.1. The molecule has 0 spiro atoms. The van der Waals surface area contributed by atoms with E-state index in [9.17, 15) is 5.11 Å². The minimum Gasteiger partial charge on any atom is -1.00 e. The number of rotatable bonds is 4. The molecule has 0 heterocycles. The van der Waals surface area contributed by atoms with Crippen LogP contribution in [0.1, 0.15) is 22.5 Å². The van der Waals surface area contributed by atoms with Crippen LogP contribution in [0.4, 0.5) is 0 Å². The minimum absolute atomic E-state index is 0. The number of hydrogen-bond acceptors (Lipinski definition) is 1. The van der Waals surface area contributed by atoms with Gasteiger partial charge in [0.2, 0.25) is 0 Å². The molecule has 0 bridgehead atoms. The summed E-state index contributed by atoms with van der Waals surface area (Å²) in [5, 5.41) is 10.8. The molecule has 1 nitrogen and oxygen atoms in total. The van der Waals surface area contributed by atoms with Crippen molar-refractivity contribution in [2.45, 2.75) is 11.4 Å². The Balaban J connectivity index is 0.00000180. The van der Waals surface area contributed by atoms with Crippen molar-refractivity contribution in [3.8, 4) is 0 Å². The second-order valence-corrected chi connectivity index (χ2v) is 6.83. The normalized spacial score (nSPS) is 13.7. The Morgan fingerprint density at radius 3 is 1.63 bits per heavy atom. The number of benzene rings is 2. The van der Waals surface area contributed by atoms with Gasteiger partial charge in [-0.3, -0.25) is 0 Å². The lowest BCUT2D eigenvalue weighted by Crippen LogP contribution is -3.00. The minimum atomic E-state index is -0.438. The summed E-state index contributed by atoms with van der Waals surface area (Å²) >= 11 is 0. The molecule has 0 unspecified atom stereocenters. The quantitative estimate of drug-likeness (QED) is 0.594. The van der Waals surface area contributed by atoms with Crippen LogP contribution in [0.25, 0.3) is 0 Å². The van der Waals surface area contributed by atoms with E-state index in [0.717, 1.165) is 5.56 Å². The average molecular weight is 386 g/mol. The molecule has 0 aromatic heterocycles. The third-order valence-electron chi connectivity index (χ3n) is 3.06. The Hall–Kier alpha value is -0.520. The van der Waals surface area contributed by atoms with Gasteiger partial charge < -0.3 is 29.1 Å². The number of aliphatic hydroxyl groups is 1. The van der Waals surface area contributed by atoms with Crippen molar-refractivity contribution < 1.29 is 29.1 Å². The van der Waals surface area contributed by atoms with Gasteiger partial charge in [0.1, 0.15) is 6.10 Å². The maximum atomic E-state index is 10.6. The molecule has 0 aliphatic carbocycles. The van der Waals surface area contributed by atoms with Gasteiger partial charge in [-0.15, -0.1) is 0 Å². The summed E-state index contributed by atoms with van der Waals surface area (Å²) in [7, 11) is 0.115. The molecule has 2 aromatic rings. The molecule has 3 heteroatoms. The van der Waals surface area contributed by atoms with E-state index < -0.39 is 6.10 Å². The van der Waals surface area contributed by atoms with Gasteiger partial charge in [0.15, 0.2) is 5.25 Å². The van der Waals surface area contributed by atoms with Gasteiger partial charge in [-0.05, 0) is 16.5 Å². The zero-order chi connectivity index (χ0) is 13.0. The molecule has 0 amide bonds. The molecular weight excluding hydrogens is 367 g/mol. The summed E-state index contributed by atoms with van der Waals surface area (Å²) < 4.78 is 0. The van der Waals surface area contributed by atoms with Crippen molar-refractivity contribution in [3.05, 3.63) is 71.8 Å². The number of halogens is 1. The van der Waals surface area contributed by atoms with Crippen molar-refractivity contribution in [2.24, 2.45) is 0 Å². The largest absolute Gasteiger partial charge is 1.00 e. The number of hydrogen-bond donors (Lipinski definition) is 1. The summed E-state index contributed by atoms with van der Waals surface area (Å²) in [4.78, 5) is 0. The van der Waals surface area contributed by atoms with E-state index in [-0.39, 0.29) is 40.1 Å². The SMILES string of the molecule is C[S+](C)[C@H](c1ccccc1)[C@H](O)c1ccccc1.[I-]. The first-order chi connectivity index (χ1) is 8.70. The second kappa shape index (κ2) is 7.92. The smallest absolute Gasteiger partial charge is 0.172 e. The third kappa shape index (κ3) is 4.23. The molecule has 102 valence electrons. The number of aliphatic hydroxyl groups excluding tert-OH is 1. The lowest BCUT2D eigenvalue weighted by Gasteiger charge is -2.20. The topological polar surface area (TPSA) is 20.2 Å². The maximum Gasteiger partial charge on any atom is 0.172 e. The van der Waals surface area contributed by atoms with Gasteiger partial charge in [0.05, 0.1) is 12.5 Å². The highest BCUT2D eigenvalue weighted by Gasteiger charge is 2.32. The van der Waals surface area contributed by atoms with E-state index in [2.05, 4.69) is 24.6 Å². The van der Waals surface area contributed by atoms with E-state index >= 15 is 0 Å². The fourth-order valence-corrected chi connectivity index (χ4v) is 3.55. The van der Waals surface area contributed by atoms with Crippen LogP contribution in [0.5, 0.6) is 0 Å². The molecule has 1 N–H and O–H groups in total. The van der Waals surface area contributed by atoms with Crippen molar-refractivity contribution in [1.29, 1.82) is 0 Å². The maximum absolute atomic E-state index is 10.6. The summed E-state index contributed by atoms with van der Waals surface area (Å²) in [5.41, 5.74) is 2.20. The highest BCUT2D eigenvalue weighted by Crippen LogP contribution is 2.34. The van der Waals surface area contributed by atoms with Crippen molar-refractivity contribution in [2.75, 3.05) is 12.5 Å². The lowest BCUT2D eigenvalue weighted by atomic mass is 10.0. The average Bonchev–Trinajstić information content (AvgIpc) is 2.40. The highest BCUT2D eigenvalue weighted by atomic mass is 127. The van der Waals surface area contributed by atoms with Crippen LogP contribution in [0.3, 0.4) is 0 Å². The van der Waals surface area contributed by atoms with E-state index in [4.69, 9.17) is 0 Å². The molecule has 0 aliphatic rings. The summed E-state index contributed by atoms with van der Waals surface area (Å²) in [6.45, 7) is 0. The van der Waals surface area contributed by atoms with E-state index in [1.807, 2.05) is 48.5 Å². The molecule has 0 aliphatic heterocycles. The Kier molecular flexibility index (Phi) is 6.89. The standard InChI is InChI=1S/C16H19OS.HI/c1-18(2)16(14-11-7-4-8-12-14)15(17)13-9-5-3-6-10-13;/h3-12,15-17H,1-2H3;1H/q+1;/p-1/t15-,16-;/m1./s1. The van der Waals surface area contributed by atoms with Crippen LogP contribution >= 0.6 is 0 Å². The highest BCUT2D eigenvalue weighted by molar-refractivity contribution is 7.95. The molecule has 0 fully saturated rings. The van der Waals surface area contributed by atoms with Crippen LogP contribution in [-0.2, 0) is 10.9 Å². The van der Waals surface area contributed by atoms with Crippen LogP contribution in [-0.4, -0.2) is 17.6 Å². The summed E-state index contributed by atoms with van der Waals surface area (Å²) in [6, 6.07) is 20.2. The third-order valence-corrected chi connectivity index (χ3v) is 4.61. The van der Waals surface area contributed by atoms with Gasteiger partial charge in [-0.25, -0.2) is 0 Å². The van der Waals surface area contributed by atoms with Gasteiger partial charge in [-0.1, -0.05) is 60.7 Å². The molecule has 0 saturated carbocycles. The Morgan fingerprint density at radius 1 is 0.789 bits per heavy atom. The Labute approximate surface area is 135 Å². The fraction of sp³-hybridized carbons (Fsp3) is 0.250. The summed E-state index contributed by atoms with van der Waals surface area (Å²) in [6.07, 6.45) is 3.93. The van der Waals surface area contributed by atoms with Crippen LogP contribution in [0.2, 0.25) is 0 Å². The molecule has 2 atom stereocenters. The summed E-state index contributed by atoms with van der Waals surface area (Å²) in [5.74, 6) is 0. The molecule has 19 heavy (non-hydrogen) atoms. The van der Waals surface area contributed by atoms with E-state index in [0.29, 0.717) is 0 Å². The van der Waals surface area contributed by atoms with Crippen LogP contribution in [0, 0.1) is 0 Å². The van der Waals surface area contributed by atoms with Crippen LogP contribution < -0.4 is 24.0 Å². The fourth-order valence-electron chi connectivity index (χ4n) is 2.18. The Morgan fingerprint density at radius 2 is 1.21 bits per heavy atom. The Bertz CT molecular complexity index is 473. The first-order valence-corrected chi connectivity index (χ1v) is 8.15. The predicted molar refractivity (Wildman–Crippen MR) is 79.8 cm³/mol. The molecule has 0 saturated heterocycles. The lowest BCUT2D eigenvalue weighted by molar-refractivity contribution is -0.00000564.